The highest BCUT2D eigenvalue weighted by molar-refractivity contribution is 7.97. The highest BCUT2D eigenvalue weighted by Gasteiger charge is 2.09. The number of halogens is 1. The summed E-state index contributed by atoms with van der Waals surface area (Å²) >= 11 is 3.17. The molecular formula is C24H28FN3OS2. The minimum atomic E-state index is -0.279. The number of anilines is 1. The predicted molar refractivity (Wildman–Crippen MR) is 129 cm³/mol. The molecule has 0 bridgehead atoms. The summed E-state index contributed by atoms with van der Waals surface area (Å²) in [6.07, 6.45) is 3.37. The Balaban J connectivity index is 1.48. The van der Waals surface area contributed by atoms with Gasteiger partial charge in [0.2, 0.25) is 5.91 Å². The van der Waals surface area contributed by atoms with E-state index in [1.165, 1.54) is 28.4 Å². The summed E-state index contributed by atoms with van der Waals surface area (Å²) < 4.78 is 15.5. The normalized spacial score (nSPS) is 11.1. The molecule has 0 atom stereocenters. The van der Waals surface area contributed by atoms with Crippen LogP contribution in [0.25, 0.3) is 11.3 Å². The fourth-order valence-corrected chi connectivity index (χ4v) is 4.93. The fraction of sp³-hybridized carbons (Fsp3) is 0.333. The minimum absolute atomic E-state index is 0.0597. The third kappa shape index (κ3) is 7.45. The molecule has 0 aliphatic rings. The monoisotopic (exact) mass is 457 g/mol. The molecule has 4 nitrogen and oxygen atoms in total. The quantitative estimate of drug-likeness (QED) is 0.327. The summed E-state index contributed by atoms with van der Waals surface area (Å²) in [5.74, 6) is -0.339. The van der Waals surface area contributed by atoms with Crippen LogP contribution in [0.15, 0.2) is 58.8 Å². The molecule has 7 heteroatoms. The zero-order valence-electron chi connectivity index (χ0n) is 17.9. The van der Waals surface area contributed by atoms with Crippen LogP contribution in [0.1, 0.15) is 38.7 Å². The summed E-state index contributed by atoms with van der Waals surface area (Å²) in [5.41, 5.74) is 2.70. The Morgan fingerprint density at radius 3 is 2.39 bits per heavy atom. The van der Waals surface area contributed by atoms with Gasteiger partial charge in [0.1, 0.15) is 5.82 Å². The van der Waals surface area contributed by atoms with Crippen LogP contribution in [-0.4, -0.2) is 28.3 Å². The number of thiazole rings is 1. The smallest absolute Gasteiger partial charge is 0.226 e. The van der Waals surface area contributed by atoms with Gasteiger partial charge in [-0.3, -0.25) is 4.79 Å². The van der Waals surface area contributed by atoms with Gasteiger partial charge in [-0.2, -0.15) is 0 Å². The first kappa shape index (κ1) is 23.4. The number of aromatic nitrogens is 1. The molecule has 0 aliphatic carbocycles. The summed E-state index contributed by atoms with van der Waals surface area (Å²) in [5, 5.41) is 5.28. The summed E-state index contributed by atoms with van der Waals surface area (Å²) in [6.45, 7) is 6.57. The highest BCUT2D eigenvalue weighted by Crippen LogP contribution is 2.26. The lowest BCUT2D eigenvalue weighted by molar-refractivity contribution is -0.116. The molecule has 164 valence electrons. The molecule has 0 radical (unpaired) electrons. The molecule has 0 saturated heterocycles. The number of benzene rings is 2. The third-order valence-electron chi connectivity index (χ3n) is 4.64. The lowest BCUT2D eigenvalue weighted by Crippen LogP contribution is -2.17. The molecule has 0 fully saturated rings. The first-order valence-electron chi connectivity index (χ1n) is 10.6. The van der Waals surface area contributed by atoms with Gasteiger partial charge in [0.15, 0.2) is 5.13 Å². The molecule has 1 aromatic heterocycles. The van der Waals surface area contributed by atoms with Crippen molar-refractivity contribution in [1.82, 2.24) is 9.29 Å². The Labute approximate surface area is 192 Å². The molecule has 0 saturated carbocycles. The number of nitrogens with zero attached hydrogens (tertiary/aromatic N) is 2. The van der Waals surface area contributed by atoms with Crippen molar-refractivity contribution in [3.63, 3.8) is 0 Å². The van der Waals surface area contributed by atoms with E-state index >= 15 is 0 Å². The van der Waals surface area contributed by atoms with Gasteiger partial charge in [-0.15, -0.1) is 11.3 Å². The molecule has 31 heavy (non-hydrogen) atoms. The van der Waals surface area contributed by atoms with Crippen LogP contribution in [0, 0.1) is 5.82 Å². The Kier molecular flexibility index (Phi) is 9.06. The van der Waals surface area contributed by atoms with Crippen molar-refractivity contribution in [3.8, 4) is 11.3 Å². The van der Waals surface area contributed by atoms with Crippen molar-refractivity contribution in [2.45, 2.75) is 44.4 Å². The number of amides is 1. The van der Waals surface area contributed by atoms with Crippen molar-refractivity contribution < 1.29 is 9.18 Å². The number of hydrogen-bond acceptors (Lipinski definition) is 5. The molecule has 2 aromatic carbocycles. The second-order valence-electron chi connectivity index (χ2n) is 7.26. The lowest BCUT2D eigenvalue weighted by atomic mass is 10.1. The molecule has 3 aromatic rings. The average molecular weight is 458 g/mol. The van der Waals surface area contributed by atoms with E-state index in [0.29, 0.717) is 18.0 Å². The molecule has 0 unspecified atom stereocenters. The number of aryl methyl sites for hydroxylation is 1. The standard InChI is InChI=1S/C24H28FN3OS2/c1-3-15-28(16-4-2)31-21-12-5-18(6-13-21)7-14-23(29)27-24-26-22(17-30-24)19-8-10-20(25)11-9-19/h5-6,8-13,17H,3-4,7,14-16H2,1-2H3,(H,26,27,29). The Hall–Kier alpha value is -2.22. The molecule has 1 N–H and O–H groups in total. The van der Waals surface area contributed by atoms with E-state index in [4.69, 9.17) is 0 Å². The Bertz CT molecular complexity index is 952. The number of hydrogen-bond donors (Lipinski definition) is 1. The second kappa shape index (κ2) is 12.0. The number of nitrogens with one attached hydrogen (secondary N) is 1. The van der Waals surface area contributed by atoms with E-state index in [0.717, 1.165) is 42.8 Å². The zero-order valence-corrected chi connectivity index (χ0v) is 19.6. The van der Waals surface area contributed by atoms with Crippen LogP contribution in [0.4, 0.5) is 9.52 Å². The van der Waals surface area contributed by atoms with Gasteiger partial charge in [-0.1, -0.05) is 26.0 Å². The summed E-state index contributed by atoms with van der Waals surface area (Å²) in [7, 11) is 0. The molecule has 1 heterocycles. The largest absolute Gasteiger partial charge is 0.302 e. The second-order valence-corrected chi connectivity index (χ2v) is 9.29. The SMILES string of the molecule is CCCN(CCC)Sc1ccc(CCC(=O)Nc2nc(-c3ccc(F)cc3)cs2)cc1. The van der Waals surface area contributed by atoms with Crippen molar-refractivity contribution in [2.75, 3.05) is 18.4 Å². The van der Waals surface area contributed by atoms with Gasteiger partial charge in [0.25, 0.3) is 0 Å². The van der Waals surface area contributed by atoms with E-state index in [1.54, 1.807) is 24.1 Å². The van der Waals surface area contributed by atoms with Crippen molar-refractivity contribution in [2.24, 2.45) is 0 Å². The van der Waals surface area contributed by atoms with Crippen LogP contribution in [0.3, 0.4) is 0 Å². The van der Waals surface area contributed by atoms with E-state index in [2.05, 4.69) is 52.7 Å². The van der Waals surface area contributed by atoms with Crippen LogP contribution < -0.4 is 5.32 Å². The molecule has 1 amide bonds. The van der Waals surface area contributed by atoms with Crippen molar-refractivity contribution >= 4 is 34.3 Å². The number of carbonyl (C=O) groups excluding carboxylic acids is 1. The van der Waals surface area contributed by atoms with Crippen LogP contribution in [0.2, 0.25) is 0 Å². The maximum atomic E-state index is 13.1. The highest BCUT2D eigenvalue weighted by atomic mass is 32.2. The number of carbonyl (C=O) groups is 1. The van der Waals surface area contributed by atoms with Gasteiger partial charge in [0, 0.05) is 35.3 Å². The first-order chi connectivity index (χ1) is 15.1. The third-order valence-corrected chi connectivity index (χ3v) is 6.50. The lowest BCUT2D eigenvalue weighted by Gasteiger charge is -2.19. The van der Waals surface area contributed by atoms with Gasteiger partial charge in [-0.25, -0.2) is 13.7 Å². The maximum absolute atomic E-state index is 13.1. The zero-order chi connectivity index (χ0) is 22.1. The van der Waals surface area contributed by atoms with Crippen molar-refractivity contribution in [1.29, 1.82) is 0 Å². The van der Waals surface area contributed by atoms with E-state index < -0.39 is 0 Å². The molecule has 0 spiro atoms. The van der Waals surface area contributed by atoms with Gasteiger partial charge < -0.3 is 5.32 Å². The summed E-state index contributed by atoms with van der Waals surface area (Å²) in [4.78, 5) is 18.0. The summed E-state index contributed by atoms with van der Waals surface area (Å²) in [6, 6.07) is 14.6. The van der Waals surface area contributed by atoms with E-state index in [1.807, 2.05) is 5.38 Å². The fourth-order valence-electron chi connectivity index (χ4n) is 3.09. The van der Waals surface area contributed by atoms with Gasteiger partial charge >= 0.3 is 0 Å². The topological polar surface area (TPSA) is 45.2 Å². The van der Waals surface area contributed by atoms with Crippen LogP contribution >= 0.6 is 23.3 Å². The molecular weight excluding hydrogens is 429 g/mol. The van der Waals surface area contributed by atoms with Crippen LogP contribution in [0.5, 0.6) is 0 Å². The maximum Gasteiger partial charge on any atom is 0.226 e. The number of rotatable bonds is 11. The first-order valence-corrected chi connectivity index (χ1v) is 12.3. The minimum Gasteiger partial charge on any atom is -0.302 e. The average Bonchev–Trinajstić information content (AvgIpc) is 3.22. The Morgan fingerprint density at radius 2 is 1.74 bits per heavy atom. The van der Waals surface area contributed by atoms with E-state index in [9.17, 15) is 9.18 Å². The predicted octanol–water partition coefficient (Wildman–Crippen LogP) is 6.65. The molecule has 0 aliphatic heterocycles. The van der Waals surface area contributed by atoms with Crippen LogP contribution in [-0.2, 0) is 11.2 Å². The van der Waals surface area contributed by atoms with Gasteiger partial charge in [-0.05, 0) is 73.2 Å². The van der Waals surface area contributed by atoms with Crippen molar-refractivity contribution in [3.05, 3.63) is 65.3 Å². The Morgan fingerprint density at radius 1 is 1.06 bits per heavy atom. The van der Waals surface area contributed by atoms with Gasteiger partial charge in [0.05, 0.1) is 5.69 Å². The van der Waals surface area contributed by atoms with E-state index in [-0.39, 0.29) is 11.7 Å². The molecule has 3 rings (SSSR count).